The Kier molecular flexibility index (Phi) is 29.6. The van der Waals surface area contributed by atoms with Crippen molar-refractivity contribution >= 4 is 43.1 Å². The smallest absolute Gasteiger partial charge is 0.402 e. The van der Waals surface area contributed by atoms with Crippen molar-refractivity contribution in [3.05, 3.63) is 0 Å². The molecule has 1 amide bonds. The maximum atomic E-state index is 8.78. The van der Waals surface area contributed by atoms with Crippen molar-refractivity contribution in [2.24, 2.45) is 5.73 Å². The summed E-state index contributed by atoms with van der Waals surface area (Å²) in [6.45, 7) is 7.45. The maximum absolute atomic E-state index is 8.78. The molecule has 0 aliphatic rings. The summed E-state index contributed by atoms with van der Waals surface area (Å²) in [5, 5.41) is 7.19. The van der Waals surface area contributed by atoms with E-state index in [2.05, 4.69) is 19.6 Å². The van der Waals surface area contributed by atoms with Crippen LogP contribution in [0.1, 0.15) is 54.4 Å². The molecule has 0 bridgehead atoms. The van der Waals surface area contributed by atoms with Gasteiger partial charge in [0.1, 0.15) is 0 Å². The van der Waals surface area contributed by atoms with Crippen LogP contribution in [-0.2, 0) is 65.5 Å². The van der Waals surface area contributed by atoms with Crippen LogP contribution in [0.4, 0.5) is 4.79 Å². The second kappa shape index (κ2) is 22.3. The molecule has 0 aromatic heterocycles. The van der Waals surface area contributed by atoms with Crippen LogP contribution in [0, 0.1) is 0 Å². The van der Waals surface area contributed by atoms with Gasteiger partial charge in [-0.05, 0) is 51.3 Å². The third-order valence-electron chi connectivity index (χ3n) is 1.85. The zero-order valence-electron chi connectivity index (χ0n) is 16.6. The minimum atomic E-state index is -2.87. The predicted molar refractivity (Wildman–Crippen MR) is 109 cm³/mol. The van der Waals surface area contributed by atoms with Crippen LogP contribution in [0.2, 0.25) is 0 Å². The number of primary amides is 1. The molecule has 0 saturated heterocycles. The monoisotopic (exact) mass is 505 g/mol. The number of unbranched alkanes of at least 4 members (excludes halogenated alkanes) is 1. The second-order valence-electron chi connectivity index (χ2n) is 3.99. The van der Waals surface area contributed by atoms with E-state index in [-0.39, 0.29) is 19.5 Å². The summed E-state index contributed by atoms with van der Waals surface area (Å²) in [6.07, 6.45) is 1.31. The summed E-state index contributed by atoms with van der Waals surface area (Å²) in [4.78, 5) is 8.78. The van der Waals surface area contributed by atoms with Gasteiger partial charge in [0, 0.05) is 19.5 Å². The van der Waals surface area contributed by atoms with Crippen LogP contribution in [0.25, 0.3) is 0 Å². The van der Waals surface area contributed by atoms with Gasteiger partial charge in [-0.3, -0.25) is 0 Å². The van der Waals surface area contributed by atoms with Crippen LogP contribution < -0.4 is 5.73 Å². The van der Waals surface area contributed by atoms with E-state index in [1.807, 2.05) is 27.7 Å². The number of hydrogen-bond acceptors (Lipinski definition) is 8. The maximum Gasteiger partial charge on any atom is 0.402 e. The third kappa shape index (κ3) is 25.0. The number of carbonyl (C=O) groups is 1. The molecule has 8 nitrogen and oxygen atoms in total. The van der Waals surface area contributed by atoms with Gasteiger partial charge in [0.15, 0.2) is 0 Å². The van der Waals surface area contributed by atoms with Gasteiger partial charge in [0.05, 0.1) is 26.4 Å². The molecule has 0 atom stereocenters. The van der Waals surface area contributed by atoms with Gasteiger partial charge < -0.3 is 28.9 Å². The molecule has 3 N–H and O–H groups in total. The van der Waals surface area contributed by atoms with Crippen molar-refractivity contribution in [3.63, 3.8) is 0 Å². The molecular weight excluding hydrogens is 474 g/mol. The average Bonchev–Trinajstić information content (AvgIpc) is 2.47. The molecule has 0 rings (SSSR count). The first-order valence-electron chi connectivity index (χ1n) is 8.07. The van der Waals surface area contributed by atoms with Gasteiger partial charge in [0.25, 0.3) is 0 Å². The molecule has 0 spiro atoms. The van der Waals surface area contributed by atoms with Gasteiger partial charge in [-0.2, -0.15) is 0 Å². The van der Waals surface area contributed by atoms with E-state index in [1.54, 1.807) is 0 Å². The van der Waals surface area contributed by atoms with Gasteiger partial charge in [0.2, 0.25) is 0 Å². The molecule has 0 aliphatic heterocycles. The standard InChI is InChI=1S/C8H20O5P2S2.C4H10.CH3NO2.Zn/c1-5-9-14(16,10-6-2)13-15(17,11-7-3)12-8-4;1-3-4-2;2-1(3)4;/h5-8H2,1-4H3;3-4H2,1-2H3;2H2,(H,3,4);. The molecule has 0 unspecified atom stereocenters. The Morgan fingerprint density at radius 3 is 1.12 bits per heavy atom. The first-order chi connectivity index (χ1) is 11.6. The van der Waals surface area contributed by atoms with Crippen LogP contribution >= 0.6 is 13.4 Å². The summed E-state index contributed by atoms with van der Waals surface area (Å²) in [6, 6.07) is 0. The Bertz CT molecular complexity index is 366. The summed E-state index contributed by atoms with van der Waals surface area (Å²) >= 11 is 10.4. The van der Waals surface area contributed by atoms with Gasteiger partial charge in [-0.1, -0.05) is 26.7 Å². The molecule has 0 aliphatic carbocycles. The minimum Gasteiger partial charge on any atom is -0.465 e. The Balaban J connectivity index is -0.000000226. The first kappa shape index (κ1) is 34.5. The quantitative estimate of drug-likeness (QED) is 0.294. The molecule has 0 heterocycles. The number of rotatable bonds is 11. The molecule has 0 radical (unpaired) electrons. The third-order valence-corrected chi connectivity index (χ3v) is 8.21. The number of carboxylic acid groups (broad SMARTS) is 1. The normalized spacial score (nSPS) is 10.5. The fourth-order valence-electron chi connectivity index (χ4n) is 0.924. The fraction of sp³-hybridized carbons (Fsp3) is 0.923. The molecule has 0 aromatic carbocycles. The van der Waals surface area contributed by atoms with Crippen molar-refractivity contribution in [1.82, 2.24) is 0 Å². The summed E-state index contributed by atoms with van der Waals surface area (Å²) in [5.74, 6) is 0. The van der Waals surface area contributed by atoms with Crippen molar-refractivity contribution in [3.8, 4) is 0 Å². The predicted octanol–water partition coefficient (Wildman–Crippen LogP) is 5.03. The van der Waals surface area contributed by atoms with Gasteiger partial charge in [-0.25, -0.2) is 9.11 Å². The SMILES string of the molecule is CCCC.CCOP(=S)(OCC)OP(=S)(OCC)OCC.NC(=O)O.[Zn]. The molecule has 26 heavy (non-hydrogen) atoms. The number of nitrogens with two attached hydrogens (primary N) is 1. The van der Waals surface area contributed by atoms with Crippen molar-refractivity contribution in [2.45, 2.75) is 54.4 Å². The van der Waals surface area contributed by atoms with E-state index in [9.17, 15) is 0 Å². The summed E-state index contributed by atoms with van der Waals surface area (Å²) < 4.78 is 26.9. The summed E-state index contributed by atoms with van der Waals surface area (Å²) in [5.41, 5.74) is 4.03. The minimum absolute atomic E-state index is 0. The van der Waals surface area contributed by atoms with Gasteiger partial charge in [-0.15, -0.1) is 0 Å². The average molecular weight is 507 g/mol. The van der Waals surface area contributed by atoms with E-state index in [1.165, 1.54) is 12.8 Å². The molecule has 0 aromatic rings. The molecule has 0 fully saturated rings. The van der Waals surface area contributed by atoms with Crippen molar-refractivity contribution in [2.75, 3.05) is 26.4 Å². The van der Waals surface area contributed by atoms with E-state index in [4.69, 9.17) is 55.9 Å². The van der Waals surface area contributed by atoms with Crippen LogP contribution in [0.15, 0.2) is 0 Å². The first-order valence-corrected chi connectivity index (χ1v) is 13.2. The Hall–Kier alpha value is 0.993. The largest absolute Gasteiger partial charge is 0.465 e. The van der Waals surface area contributed by atoms with Crippen molar-refractivity contribution < 1.29 is 51.8 Å². The number of amides is 1. The zero-order chi connectivity index (χ0) is 20.4. The van der Waals surface area contributed by atoms with E-state index in [0.717, 1.165) is 0 Å². The molecule has 13 heteroatoms. The Morgan fingerprint density at radius 2 is 1.00 bits per heavy atom. The fourth-order valence-corrected chi connectivity index (χ4v) is 7.30. The number of hydrogen-bond donors (Lipinski definition) is 2. The molecular formula is C13H33NO7P2S2Zn. The van der Waals surface area contributed by atoms with E-state index < -0.39 is 19.5 Å². The summed E-state index contributed by atoms with van der Waals surface area (Å²) in [7, 11) is 0. The van der Waals surface area contributed by atoms with Crippen LogP contribution in [0.3, 0.4) is 0 Å². The Labute approximate surface area is 181 Å². The van der Waals surface area contributed by atoms with E-state index in [0.29, 0.717) is 26.4 Å². The zero-order valence-corrected chi connectivity index (χ0v) is 23.0. The molecule has 0 saturated carbocycles. The molecule has 156 valence electrons. The second-order valence-corrected chi connectivity index (χ2v) is 10.1. The topological polar surface area (TPSA) is 109 Å². The van der Waals surface area contributed by atoms with Crippen molar-refractivity contribution in [1.29, 1.82) is 0 Å². The van der Waals surface area contributed by atoms with Crippen LogP contribution in [0.5, 0.6) is 0 Å². The van der Waals surface area contributed by atoms with Crippen LogP contribution in [-0.4, -0.2) is 37.6 Å². The Morgan fingerprint density at radius 1 is 0.808 bits per heavy atom. The van der Waals surface area contributed by atoms with E-state index >= 15 is 0 Å². The van der Waals surface area contributed by atoms with Gasteiger partial charge >= 0.3 is 19.5 Å².